The van der Waals surface area contributed by atoms with Gasteiger partial charge in [0.25, 0.3) is 0 Å². The molecule has 0 amide bonds. The van der Waals surface area contributed by atoms with Crippen LogP contribution in [0, 0.1) is 5.41 Å². The Morgan fingerprint density at radius 1 is 0.234 bits per heavy atom. The van der Waals surface area contributed by atoms with E-state index in [9.17, 15) is 0 Å². The highest BCUT2D eigenvalue weighted by Gasteiger charge is 2.28. The average Bonchev–Trinajstić information content (AvgIpc) is 3.08. The van der Waals surface area contributed by atoms with E-state index in [0.717, 1.165) is 0 Å². The average molecular weight is 733 g/mol. The smallest absolute Gasteiger partial charge is 0.00673 e. The molecular formula is C43H88S4. The van der Waals surface area contributed by atoms with Crippen LogP contribution in [0.3, 0.4) is 0 Å². The predicted molar refractivity (Wildman–Crippen MR) is 233 cm³/mol. The molecule has 0 saturated heterocycles. The highest BCUT2D eigenvalue weighted by molar-refractivity contribution is 7.99. The first-order valence-electron chi connectivity index (χ1n) is 21.6. The second-order valence-corrected chi connectivity index (χ2v) is 19.6. The van der Waals surface area contributed by atoms with Crippen LogP contribution in [0.2, 0.25) is 0 Å². The number of hydrogen-bond acceptors (Lipinski definition) is 4. The molecule has 0 aromatic carbocycles. The number of thioether (sulfide) groups is 4. The van der Waals surface area contributed by atoms with Crippen molar-refractivity contribution in [3.05, 3.63) is 0 Å². The molecule has 0 heterocycles. The van der Waals surface area contributed by atoms with E-state index in [1.54, 1.807) is 0 Å². The third-order valence-corrected chi connectivity index (χ3v) is 14.7. The van der Waals surface area contributed by atoms with Crippen LogP contribution in [0.1, 0.15) is 220 Å². The molecule has 0 spiro atoms. The third kappa shape index (κ3) is 37.0. The topological polar surface area (TPSA) is 0 Å². The van der Waals surface area contributed by atoms with Gasteiger partial charge in [0.15, 0.2) is 0 Å². The molecule has 284 valence electrons. The van der Waals surface area contributed by atoms with Crippen molar-refractivity contribution in [2.24, 2.45) is 5.41 Å². The number of unbranched alkanes of at least 4 members (excludes halogenated alkanes) is 18. The van der Waals surface area contributed by atoms with Crippen LogP contribution in [-0.2, 0) is 0 Å². The Morgan fingerprint density at radius 3 is 0.745 bits per heavy atom. The minimum absolute atomic E-state index is 0.629. The maximum atomic E-state index is 2.33. The van der Waals surface area contributed by atoms with Gasteiger partial charge in [0.05, 0.1) is 0 Å². The Labute approximate surface area is 317 Å². The summed E-state index contributed by atoms with van der Waals surface area (Å²) in [5.41, 5.74) is 0.629. The Balaban J connectivity index is 4.83. The summed E-state index contributed by atoms with van der Waals surface area (Å²) in [6.07, 6.45) is 43.4. The van der Waals surface area contributed by atoms with E-state index in [1.165, 1.54) is 239 Å². The molecule has 0 bridgehead atoms. The molecule has 0 saturated carbocycles. The molecule has 1 unspecified atom stereocenters. The van der Waals surface area contributed by atoms with Gasteiger partial charge in [-0.15, -0.1) is 0 Å². The zero-order chi connectivity index (χ0) is 34.2. The lowest BCUT2D eigenvalue weighted by atomic mass is 9.71. The lowest BCUT2D eigenvalue weighted by molar-refractivity contribution is 0.183. The van der Waals surface area contributed by atoms with Gasteiger partial charge in [-0.05, 0) is 128 Å². The molecule has 4 heteroatoms. The van der Waals surface area contributed by atoms with E-state index >= 15 is 0 Å². The van der Waals surface area contributed by atoms with Gasteiger partial charge in [-0.3, -0.25) is 0 Å². The summed E-state index contributed by atoms with van der Waals surface area (Å²) in [6, 6.07) is 0. The lowest BCUT2D eigenvalue weighted by Gasteiger charge is -2.35. The van der Waals surface area contributed by atoms with Crippen LogP contribution in [0.4, 0.5) is 0 Å². The van der Waals surface area contributed by atoms with Gasteiger partial charge in [-0.25, -0.2) is 0 Å². The van der Waals surface area contributed by atoms with Gasteiger partial charge >= 0.3 is 0 Å². The molecule has 0 aromatic rings. The van der Waals surface area contributed by atoms with Crippen molar-refractivity contribution in [3.8, 4) is 0 Å². The number of rotatable bonds is 42. The van der Waals surface area contributed by atoms with Crippen LogP contribution in [0.25, 0.3) is 0 Å². The first-order chi connectivity index (χ1) is 23.2. The zero-order valence-electron chi connectivity index (χ0n) is 33.0. The minimum Gasteiger partial charge on any atom is -0.162 e. The summed E-state index contributed by atoms with van der Waals surface area (Å²) < 4.78 is 0. The molecule has 0 fully saturated rings. The molecule has 0 aliphatic rings. The van der Waals surface area contributed by atoms with Gasteiger partial charge in [0.1, 0.15) is 0 Å². The molecule has 0 nitrogen and oxygen atoms in total. The highest BCUT2D eigenvalue weighted by Crippen LogP contribution is 2.42. The SMILES string of the molecule is CCCCCCCSCCCCCC(CCCCCSCCCCCC)(CCCSCCCCCC)CCCSCCCCCCC. The van der Waals surface area contributed by atoms with Crippen molar-refractivity contribution < 1.29 is 0 Å². The fraction of sp³-hybridized carbons (Fsp3) is 1.00. The van der Waals surface area contributed by atoms with Crippen LogP contribution < -0.4 is 0 Å². The second-order valence-electron chi connectivity index (χ2n) is 14.7. The Bertz CT molecular complexity index is 556. The van der Waals surface area contributed by atoms with Gasteiger partial charge in [0, 0.05) is 0 Å². The molecule has 0 aliphatic carbocycles. The monoisotopic (exact) mass is 733 g/mol. The fourth-order valence-corrected chi connectivity index (χ4v) is 10.9. The second kappa shape index (κ2) is 41.8. The maximum absolute atomic E-state index is 2.33. The summed E-state index contributed by atoms with van der Waals surface area (Å²) in [5, 5.41) is 0. The molecule has 0 N–H and O–H groups in total. The maximum Gasteiger partial charge on any atom is -0.00673 e. The van der Waals surface area contributed by atoms with E-state index in [2.05, 4.69) is 74.7 Å². The first kappa shape index (κ1) is 48.4. The van der Waals surface area contributed by atoms with Gasteiger partial charge in [0.2, 0.25) is 0 Å². The largest absolute Gasteiger partial charge is 0.162 e. The normalized spacial score (nSPS) is 13.0. The molecule has 1 atom stereocenters. The summed E-state index contributed by atoms with van der Waals surface area (Å²) in [5.74, 6) is 11.2. The molecule has 47 heavy (non-hydrogen) atoms. The van der Waals surface area contributed by atoms with E-state index < -0.39 is 0 Å². The van der Waals surface area contributed by atoms with Gasteiger partial charge < -0.3 is 0 Å². The third-order valence-electron chi connectivity index (χ3n) is 10.1. The van der Waals surface area contributed by atoms with Crippen LogP contribution in [-0.4, -0.2) is 46.0 Å². The Morgan fingerprint density at radius 2 is 0.447 bits per heavy atom. The van der Waals surface area contributed by atoms with Crippen molar-refractivity contribution >= 4 is 47.0 Å². The molecular weight excluding hydrogens is 645 g/mol. The van der Waals surface area contributed by atoms with Crippen molar-refractivity contribution in [2.45, 2.75) is 220 Å². The minimum atomic E-state index is 0.629. The van der Waals surface area contributed by atoms with E-state index in [4.69, 9.17) is 0 Å². The molecule has 0 radical (unpaired) electrons. The molecule has 0 rings (SSSR count). The van der Waals surface area contributed by atoms with Crippen molar-refractivity contribution in [1.82, 2.24) is 0 Å². The molecule has 0 aromatic heterocycles. The van der Waals surface area contributed by atoms with Crippen LogP contribution in [0.15, 0.2) is 0 Å². The van der Waals surface area contributed by atoms with Gasteiger partial charge in [-0.2, -0.15) is 47.0 Å². The van der Waals surface area contributed by atoms with Gasteiger partial charge in [-0.1, -0.05) is 143 Å². The summed E-state index contributed by atoms with van der Waals surface area (Å²) in [7, 11) is 0. The first-order valence-corrected chi connectivity index (χ1v) is 26.2. The number of hydrogen-bond donors (Lipinski definition) is 0. The predicted octanol–water partition coefficient (Wildman–Crippen LogP) is 16.7. The van der Waals surface area contributed by atoms with Crippen LogP contribution in [0.5, 0.6) is 0 Å². The van der Waals surface area contributed by atoms with E-state index in [1.807, 2.05) is 0 Å². The van der Waals surface area contributed by atoms with Crippen molar-refractivity contribution in [2.75, 3.05) is 46.0 Å². The fourth-order valence-electron chi connectivity index (χ4n) is 6.90. The standard InChI is InChI=1S/C43H88S4/c1-5-9-13-17-25-37-45-40-28-20-22-32-43(33-29-41-46-36-24-16-12-8-4,34-30-42-47-38-26-18-14-10-6-2)31-21-19-27-39-44-35-23-15-11-7-3/h5-42H2,1-4H3. The summed E-state index contributed by atoms with van der Waals surface area (Å²) >= 11 is 9.02. The van der Waals surface area contributed by atoms with E-state index in [-0.39, 0.29) is 0 Å². The summed E-state index contributed by atoms with van der Waals surface area (Å²) in [4.78, 5) is 0. The van der Waals surface area contributed by atoms with Crippen LogP contribution >= 0.6 is 47.0 Å². The van der Waals surface area contributed by atoms with Crippen molar-refractivity contribution in [3.63, 3.8) is 0 Å². The molecule has 0 aliphatic heterocycles. The summed E-state index contributed by atoms with van der Waals surface area (Å²) in [6.45, 7) is 9.31. The Kier molecular flexibility index (Phi) is 43.1. The van der Waals surface area contributed by atoms with Crippen molar-refractivity contribution in [1.29, 1.82) is 0 Å². The quantitative estimate of drug-likeness (QED) is 0.0573. The highest BCUT2D eigenvalue weighted by atomic mass is 32.2. The Hall–Kier alpha value is 1.40. The zero-order valence-corrected chi connectivity index (χ0v) is 36.3. The van der Waals surface area contributed by atoms with E-state index in [0.29, 0.717) is 5.41 Å². The lowest BCUT2D eigenvalue weighted by Crippen LogP contribution is -2.22.